The summed E-state index contributed by atoms with van der Waals surface area (Å²) in [5.41, 5.74) is 0. The van der Waals surface area contributed by atoms with Crippen LogP contribution in [0.3, 0.4) is 0 Å². The number of hydrogen-bond donors (Lipinski definition) is 0. The van der Waals surface area contributed by atoms with E-state index in [1.54, 1.807) is 0 Å². The molecular formula is C12H18ClFN2O. The lowest BCUT2D eigenvalue weighted by atomic mass is 10.1. The van der Waals surface area contributed by atoms with E-state index < -0.39 is 5.82 Å². The third-order valence-corrected chi connectivity index (χ3v) is 2.64. The van der Waals surface area contributed by atoms with Crippen LogP contribution in [0.25, 0.3) is 0 Å². The lowest BCUT2D eigenvalue weighted by molar-refractivity contribution is 0.188. The van der Waals surface area contributed by atoms with Crippen LogP contribution in [0.15, 0.2) is 6.20 Å². The normalized spacial score (nSPS) is 12.5. The molecule has 0 aliphatic heterocycles. The Hall–Kier alpha value is -0.900. The first kappa shape index (κ1) is 14.2. The second-order valence-corrected chi connectivity index (χ2v) is 4.41. The minimum absolute atomic E-state index is 0.000386. The molecule has 0 radical (unpaired) electrons. The van der Waals surface area contributed by atoms with E-state index in [4.69, 9.17) is 16.3 Å². The summed E-state index contributed by atoms with van der Waals surface area (Å²) < 4.78 is 18.7. The first-order chi connectivity index (χ1) is 8.13. The molecule has 0 amide bonds. The van der Waals surface area contributed by atoms with Crippen molar-refractivity contribution in [2.24, 2.45) is 0 Å². The van der Waals surface area contributed by atoms with Gasteiger partial charge in [0, 0.05) is 0 Å². The van der Waals surface area contributed by atoms with Gasteiger partial charge in [0.1, 0.15) is 0 Å². The maximum Gasteiger partial charge on any atom is 0.255 e. The van der Waals surface area contributed by atoms with Gasteiger partial charge in [-0.25, -0.2) is 4.98 Å². The fourth-order valence-corrected chi connectivity index (χ4v) is 1.65. The molecule has 0 aromatic carbocycles. The highest BCUT2D eigenvalue weighted by molar-refractivity contribution is 6.28. The van der Waals surface area contributed by atoms with E-state index in [0.29, 0.717) is 0 Å². The van der Waals surface area contributed by atoms with Crippen LogP contribution >= 0.6 is 11.6 Å². The minimum Gasteiger partial charge on any atom is -0.472 e. The van der Waals surface area contributed by atoms with Crippen molar-refractivity contribution in [2.75, 3.05) is 0 Å². The van der Waals surface area contributed by atoms with Crippen molar-refractivity contribution in [3.63, 3.8) is 0 Å². The van der Waals surface area contributed by atoms with Crippen molar-refractivity contribution in [3.8, 4) is 5.88 Å². The Morgan fingerprint density at radius 3 is 2.88 bits per heavy atom. The molecule has 1 heterocycles. The van der Waals surface area contributed by atoms with Crippen LogP contribution in [0.5, 0.6) is 5.88 Å². The maximum atomic E-state index is 13.3. The van der Waals surface area contributed by atoms with Crippen LogP contribution in [-0.2, 0) is 0 Å². The summed E-state index contributed by atoms with van der Waals surface area (Å²) in [6.45, 7) is 4.07. The van der Waals surface area contributed by atoms with Gasteiger partial charge in [0.05, 0.1) is 12.3 Å². The standard InChI is InChI=1S/C12H18ClFN2O/c1-3-4-5-6-7-9(2)17-11-10(14)8-15-12(13)16-11/h8-9H,3-7H2,1-2H3. The fourth-order valence-electron chi connectivity index (χ4n) is 1.52. The molecule has 0 spiro atoms. The van der Waals surface area contributed by atoms with E-state index >= 15 is 0 Å². The van der Waals surface area contributed by atoms with E-state index in [9.17, 15) is 4.39 Å². The number of halogens is 2. The number of nitrogens with zero attached hydrogens (tertiary/aromatic N) is 2. The van der Waals surface area contributed by atoms with Crippen molar-refractivity contribution in [1.82, 2.24) is 9.97 Å². The van der Waals surface area contributed by atoms with Crippen LogP contribution in [0.1, 0.15) is 46.0 Å². The maximum absolute atomic E-state index is 13.3. The van der Waals surface area contributed by atoms with Gasteiger partial charge in [0.25, 0.3) is 5.88 Å². The Kier molecular flexibility index (Phi) is 6.19. The molecule has 3 nitrogen and oxygen atoms in total. The highest BCUT2D eigenvalue weighted by atomic mass is 35.5. The lowest BCUT2D eigenvalue weighted by Crippen LogP contribution is -2.13. The Balaban J connectivity index is 2.39. The largest absolute Gasteiger partial charge is 0.472 e. The number of rotatable bonds is 7. The van der Waals surface area contributed by atoms with Gasteiger partial charge in [-0.05, 0) is 31.4 Å². The number of hydrogen-bond acceptors (Lipinski definition) is 3. The Morgan fingerprint density at radius 2 is 2.18 bits per heavy atom. The third kappa shape index (κ3) is 5.31. The molecular weight excluding hydrogens is 243 g/mol. The van der Waals surface area contributed by atoms with Gasteiger partial charge in [-0.3, -0.25) is 0 Å². The zero-order valence-corrected chi connectivity index (χ0v) is 11.0. The highest BCUT2D eigenvalue weighted by Crippen LogP contribution is 2.18. The minimum atomic E-state index is -0.574. The molecule has 1 aromatic rings. The average molecular weight is 261 g/mol. The van der Waals surface area contributed by atoms with Crippen molar-refractivity contribution in [3.05, 3.63) is 17.3 Å². The van der Waals surface area contributed by atoms with Crippen LogP contribution in [0.2, 0.25) is 5.28 Å². The first-order valence-corrected chi connectivity index (χ1v) is 6.36. The smallest absolute Gasteiger partial charge is 0.255 e. The quantitative estimate of drug-likeness (QED) is 0.549. The number of unbranched alkanes of at least 4 members (excludes halogenated alkanes) is 3. The molecule has 5 heteroatoms. The fraction of sp³-hybridized carbons (Fsp3) is 0.667. The molecule has 17 heavy (non-hydrogen) atoms. The molecule has 1 rings (SSSR count). The zero-order chi connectivity index (χ0) is 12.7. The Morgan fingerprint density at radius 1 is 1.41 bits per heavy atom. The van der Waals surface area contributed by atoms with Gasteiger partial charge in [-0.15, -0.1) is 0 Å². The van der Waals surface area contributed by atoms with Crippen molar-refractivity contribution >= 4 is 11.6 Å². The van der Waals surface area contributed by atoms with Crippen LogP contribution in [0.4, 0.5) is 4.39 Å². The summed E-state index contributed by atoms with van der Waals surface area (Å²) >= 11 is 5.58. The number of ether oxygens (including phenoxy) is 1. The molecule has 0 N–H and O–H groups in total. The van der Waals surface area contributed by atoms with E-state index in [-0.39, 0.29) is 17.3 Å². The molecule has 0 aliphatic rings. The summed E-state index contributed by atoms with van der Waals surface area (Å²) in [4.78, 5) is 7.25. The van der Waals surface area contributed by atoms with Crippen LogP contribution < -0.4 is 4.74 Å². The van der Waals surface area contributed by atoms with Gasteiger partial charge in [0.2, 0.25) is 11.1 Å². The second kappa shape index (κ2) is 7.43. The summed E-state index contributed by atoms with van der Waals surface area (Å²) in [7, 11) is 0. The Bertz CT molecular complexity index is 349. The van der Waals surface area contributed by atoms with Gasteiger partial charge >= 0.3 is 0 Å². The van der Waals surface area contributed by atoms with E-state index in [1.165, 1.54) is 19.3 Å². The van der Waals surface area contributed by atoms with Crippen LogP contribution in [-0.4, -0.2) is 16.1 Å². The highest BCUT2D eigenvalue weighted by Gasteiger charge is 2.11. The summed E-state index contributed by atoms with van der Waals surface area (Å²) in [5, 5.41) is -0.000386. The molecule has 96 valence electrons. The van der Waals surface area contributed by atoms with Crippen molar-refractivity contribution in [1.29, 1.82) is 0 Å². The van der Waals surface area contributed by atoms with Gasteiger partial charge < -0.3 is 4.74 Å². The van der Waals surface area contributed by atoms with Gasteiger partial charge in [-0.2, -0.15) is 9.37 Å². The second-order valence-electron chi connectivity index (χ2n) is 4.07. The molecule has 0 saturated carbocycles. The first-order valence-electron chi connectivity index (χ1n) is 5.98. The van der Waals surface area contributed by atoms with E-state index in [1.807, 2.05) is 6.92 Å². The average Bonchev–Trinajstić information content (AvgIpc) is 2.29. The molecule has 0 aliphatic carbocycles. The molecule has 1 aromatic heterocycles. The molecule has 1 unspecified atom stereocenters. The van der Waals surface area contributed by atoms with Crippen LogP contribution in [0, 0.1) is 5.82 Å². The molecule has 0 fully saturated rings. The summed E-state index contributed by atoms with van der Waals surface area (Å²) in [5.74, 6) is -0.636. The van der Waals surface area contributed by atoms with Crippen molar-refractivity contribution in [2.45, 2.75) is 52.1 Å². The molecule has 1 atom stereocenters. The molecule has 0 saturated heterocycles. The topological polar surface area (TPSA) is 35.0 Å². The monoisotopic (exact) mass is 260 g/mol. The summed E-state index contributed by atoms with van der Waals surface area (Å²) in [6.07, 6.45) is 6.53. The predicted octanol–water partition coefficient (Wildman–Crippen LogP) is 4.01. The Labute approximate surface area is 106 Å². The lowest BCUT2D eigenvalue weighted by Gasteiger charge is -2.13. The zero-order valence-electron chi connectivity index (χ0n) is 10.2. The molecule has 0 bridgehead atoms. The summed E-state index contributed by atoms with van der Waals surface area (Å²) in [6, 6.07) is 0. The van der Waals surface area contributed by atoms with E-state index in [2.05, 4.69) is 16.9 Å². The predicted molar refractivity (Wildman–Crippen MR) is 65.8 cm³/mol. The number of aromatic nitrogens is 2. The third-order valence-electron chi connectivity index (χ3n) is 2.46. The SMILES string of the molecule is CCCCCCC(C)Oc1nc(Cl)ncc1F. The van der Waals surface area contributed by atoms with Gasteiger partial charge in [0.15, 0.2) is 0 Å². The van der Waals surface area contributed by atoms with Gasteiger partial charge in [-0.1, -0.05) is 26.2 Å². The van der Waals surface area contributed by atoms with Crippen molar-refractivity contribution < 1.29 is 9.13 Å². The van der Waals surface area contributed by atoms with E-state index in [0.717, 1.165) is 19.0 Å².